The van der Waals surface area contributed by atoms with Crippen LogP contribution < -0.4 is 10.6 Å². The molecule has 1 saturated carbocycles. The topological polar surface area (TPSA) is 84.5 Å². The highest BCUT2D eigenvalue weighted by Crippen LogP contribution is 2.20. The van der Waals surface area contributed by atoms with Crippen molar-refractivity contribution in [3.8, 4) is 0 Å². The van der Waals surface area contributed by atoms with Gasteiger partial charge in [0.1, 0.15) is 0 Å². The summed E-state index contributed by atoms with van der Waals surface area (Å²) < 4.78 is 5.28. The molecule has 28 heavy (non-hydrogen) atoms. The van der Waals surface area contributed by atoms with Crippen LogP contribution in [0.2, 0.25) is 0 Å². The minimum Gasteiger partial charge on any atom is -0.452 e. The molecule has 6 heteroatoms. The Kier molecular flexibility index (Phi) is 6.42. The maximum absolute atomic E-state index is 12.5. The summed E-state index contributed by atoms with van der Waals surface area (Å²) in [4.78, 5) is 36.9. The Balaban J connectivity index is 1.64. The molecule has 1 aliphatic rings. The number of esters is 1. The van der Waals surface area contributed by atoms with Gasteiger partial charge in [0, 0.05) is 11.6 Å². The average Bonchev–Trinajstić information content (AvgIpc) is 3.52. The van der Waals surface area contributed by atoms with E-state index >= 15 is 0 Å². The van der Waals surface area contributed by atoms with Crippen molar-refractivity contribution in [1.82, 2.24) is 10.6 Å². The summed E-state index contributed by atoms with van der Waals surface area (Å²) in [5.74, 6) is -1.11. The summed E-state index contributed by atoms with van der Waals surface area (Å²) >= 11 is 0. The number of nitrogens with one attached hydrogen (secondary N) is 2. The largest absolute Gasteiger partial charge is 0.452 e. The molecule has 2 atom stereocenters. The highest BCUT2D eigenvalue weighted by atomic mass is 16.5. The van der Waals surface area contributed by atoms with Gasteiger partial charge in [0.25, 0.3) is 11.8 Å². The van der Waals surface area contributed by atoms with Gasteiger partial charge in [-0.2, -0.15) is 0 Å². The zero-order valence-electron chi connectivity index (χ0n) is 15.8. The lowest BCUT2D eigenvalue weighted by molar-refractivity contribution is -0.155. The van der Waals surface area contributed by atoms with E-state index in [1.807, 2.05) is 36.4 Å². The van der Waals surface area contributed by atoms with Crippen LogP contribution in [0.3, 0.4) is 0 Å². The Bertz CT molecular complexity index is 819. The van der Waals surface area contributed by atoms with Crippen LogP contribution in [0.1, 0.15) is 48.1 Å². The van der Waals surface area contributed by atoms with Crippen molar-refractivity contribution in [1.29, 1.82) is 0 Å². The second-order valence-electron chi connectivity index (χ2n) is 6.92. The minimum absolute atomic E-state index is 0.0658. The molecule has 0 bridgehead atoms. The van der Waals surface area contributed by atoms with E-state index in [0.29, 0.717) is 5.56 Å². The van der Waals surface area contributed by atoms with Crippen LogP contribution in [0.5, 0.6) is 0 Å². The quantitative estimate of drug-likeness (QED) is 0.690. The molecule has 0 spiro atoms. The Morgan fingerprint density at radius 1 is 1.00 bits per heavy atom. The number of benzene rings is 2. The van der Waals surface area contributed by atoms with Crippen LogP contribution in [0.25, 0.3) is 0 Å². The molecule has 0 radical (unpaired) electrons. The first kappa shape index (κ1) is 19.6. The molecule has 0 aromatic heterocycles. The fraction of sp³-hybridized carbons (Fsp3) is 0.318. The zero-order chi connectivity index (χ0) is 19.9. The molecule has 2 aromatic rings. The number of hydrogen-bond donors (Lipinski definition) is 2. The first-order valence-electron chi connectivity index (χ1n) is 9.43. The van der Waals surface area contributed by atoms with Crippen molar-refractivity contribution in [3.05, 3.63) is 71.8 Å². The van der Waals surface area contributed by atoms with Gasteiger partial charge in [0.05, 0.1) is 12.5 Å². The highest BCUT2D eigenvalue weighted by molar-refractivity contribution is 5.94. The molecule has 2 N–H and O–H groups in total. The Hall–Kier alpha value is -3.15. The lowest BCUT2D eigenvalue weighted by atomic mass is 10.0. The van der Waals surface area contributed by atoms with E-state index in [4.69, 9.17) is 4.74 Å². The summed E-state index contributed by atoms with van der Waals surface area (Å²) in [6, 6.07) is 17.7. The molecule has 146 valence electrons. The normalized spacial score (nSPS) is 15.2. The van der Waals surface area contributed by atoms with E-state index in [2.05, 4.69) is 10.6 Å². The van der Waals surface area contributed by atoms with Gasteiger partial charge in [0.2, 0.25) is 0 Å². The number of carbonyl (C=O) groups excluding carboxylic acids is 3. The first-order valence-corrected chi connectivity index (χ1v) is 9.43. The number of rotatable bonds is 8. The monoisotopic (exact) mass is 380 g/mol. The van der Waals surface area contributed by atoms with Crippen molar-refractivity contribution in [2.75, 3.05) is 0 Å². The maximum Gasteiger partial charge on any atom is 0.309 e. The van der Waals surface area contributed by atoms with E-state index in [-0.39, 0.29) is 24.3 Å². The molecule has 0 heterocycles. The molecular weight excluding hydrogens is 356 g/mol. The number of amides is 2. The van der Waals surface area contributed by atoms with E-state index in [9.17, 15) is 14.4 Å². The van der Waals surface area contributed by atoms with Crippen molar-refractivity contribution < 1.29 is 19.1 Å². The molecule has 3 rings (SSSR count). The first-order chi connectivity index (χ1) is 13.5. The number of carbonyl (C=O) groups is 3. The van der Waals surface area contributed by atoms with Gasteiger partial charge in [-0.25, -0.2) is 0 Å². The Morgan fingerprint density at radius 3 is 2.21 bits per heavy atom. The van der Waals surface area contributed by atoms with Crippen LogP contribution in [0, 0.1) is 0 Å². The molecule has 6 nitrogen and oxygen atoms in total. The van der Waals surface area contributed by atoms with E-state index < -0.39 is 18.1 Å². The predicted octanol–water partition coefficient (Wildman–Crippen LogP) is 2.76. The lowest BCUT2D eigenvalue weighted by Crippen LogP contribution is -2.38. The molecule has 1 aliphatic carbocycles. The lowest BCUT2D eigenvalue weighted by Gasteiger charge is -2.20. The highest BCUT2D eigenvalue weighted by Gasteiger charge is 2.28. The van der Waals surface area contributed by atoms with Crippen molar-refractivity contribution in [2.45, 2.75) is 44.4 Å². The van der Waals surface area contributed by atoms with Gasteiger partial charge in [-0.3, -0.25) is 14.4 Å². The second kappa shape index (κ2) is 9.17. The van der Waals surface area contributed by atoms with Crippen molar-refractivity contribution in [3.63, 3.8) is 0 Å². The summed E-state index contributed by atoms with van der Waals surface area (Å²) in [7, 11) is 0. The fourth-order valence-corrected chi connectivity index (χ4v) is 2.78. The van der Waals surface area contributed by atoms with Gasteiger partial charge >= 0.3 is 5.97 Å². The Morgan fingerprint density at radius 2 is 1.61 bits per heavy atom. The Labute approximate surface area is 164 Å². The fourth-order valence-electron chi connectivity index (χ4n) is 2.78. The summed E-state index contributed by atoms with van der Waals surface area (Å²) in [6.07, 6.45) is 1.00. The van der Waals surface area contributed by atoms with E-state index in [1.165, 1.54) is 0 Å². The van der Waals surface area contributed by atoms with Crippen LogP contribution >= 0.6 is 0 Å². The van der Waals surface area contributed by atoms with Gasteiger partial charge in [-0.05, 0) is 37.5 Å². The van der Waals surface area contributed by atoms with Gasteiger partial charge in [-0.15, -0.1) is 0 Å². The smallest absolute Gasteiger partial charge is 0.309 e. The summed E-state index contributed by atoms with van der Waals surface area (Å²) in [5.41, 5.74) is 1.30. The number of ether oxygens (including phenoxy) is 1. The standard InChI is InChI=1S/C22H24N2O4/c1-15(21(26)23-18-12-13-18)28-20(25)14-19(16-8-4-2-5-9-16)24-22(27)17-10-6-3-7-11-17/h2-11,15,18-19H,12-14H2,1H3,(H,23,26)(H,24,27)/t15-,19-/m1/s1. The third-order valence-electron chi connectivity index (χ3n) is 4.52. The van der Waals surface area contributed by atoms with Crippen LogP contribution in [0.4, 0.5) is 0 Å². The zero-order valence-corrected chi connectivity index (χ0v) is 15.8. The SMILES string of the molecule is C[C@@H](OC(=O)C[C@@H](NC(=O)c1ccccc1)c1ccccc1)C(=O)NC1CC1. The van der Waals surface area contributed by atoms with E-state index in [1.54, 1.807) is 31.2 Å². The minimum atomic E-state index is -0.866. The molecule has 2 amide bonds. The summed E-state index contributed by atoms with van der Waals surface area (Å²) in [6.45, 7) is 1.55. The van der Waals surface area contributed by atoms with Crippen LogP contribution in [0.15, 0.2) is 60.7 Å². The van der Waals surface area contributed by atoms with Crippen molar-refractivity contribution >= 4 is 17.8 Å². The van der Waals surface area contributed by atoms with Crippen LogP contribution in [-0.4, -0.2) is 29.9 Å². The van der Waals surface area contributed by atoms with Gasteiger partial charge in [0.15, 0.2) is 6.10 Å². The second-order valence-corrected chi connectivity index (χ2v) is 6.92. The van der Waals surface area contributed by atoms with Crippen molar-refractivity contribution in [2.24, 2.45) is 0 Å². The van der Waals surface area contributed by atoms with E-state index in [0.717, 1.165) is 18.4 Å². The summed E-state index contributed by atoms with van der Waals surface area (Å²) in [5, 5.41) is 5.70. The van der Waals surface area contributed by atoms with Gasteiger partial charge < -0.3 is 15.4 Å². The average molecular weight is 380 g/mol. The molecule has 0 saturated heterocycles. The van der Waals surface area contributed by atoms with Crippen LogP contribution in [-0.2, 0) is 14.3 Å². The molecule has 0 unspecified atom stereocenters. The maximum atomic E-state index is 12.5. The molecular formula is C22H24N2O4. The van der Waals surface area contributed by atoms with Gasteiger partial charge in [-0.1, -0.05) is 48.5 Å². The third-order valence-corrected chi connectivity index (χ3v) is 4.52. The predicted molar refractivity (Wildman–Crippen MR) is 104 cm³/mol. The molecule has 0 aliphatic heterocycles. The molecule has 2 aromatic carbocycles. The number of hydrogen-bond acceptors (Lipinski definition) is 4. The third kappa shape index (κ3) is 5.67. The molecule has 1 fully saturated rings.